The highest BCUT2D eigenvalue weighted by molar-refractivity contribution is 6.00. The average molecular weight is 364 g/mol. The molecule has 0 fully saturated rings. The van der Waals surface area contributed by atoms with E-state index in [-0.39, 0.29) is 12.1 Å². The molecule has 0 saturated carbocycles. The molecule has 0 aliphatic rings. The van der Waals surface area contributed by atoms with E-state index >= 15 is 0 Å². The highest BCUT2D eigenvalue weighted by Gasteiger charge is 2.14. The first-order valence-electron chi connectivity index (χ1n) is 8.25. The van der Waals surface area contributed by atoms with Gasteiger partial charge in [-0.1, -0.05) is 48.5 Å². The summed E-state index contributed by atoms with van der Waals surface area (Å²) in [7, 11) is 0. The number of nitrogens with one attached hydrogen (secondary N) is 2. The zero-order valence-corrected chi connectivity index (χ0v) is 14.3. The van der Waals surface area contributed by atoms with Crippen LogP contribution in [0.5, 0.6) is 0 Å². The van der Waals surface area contributed by atoms with Crippen molar-refractivity contribution in [1.82, 2.24) is 10.8 Å². The van der Waals surface area contributed by atoms with Gasteiger partial charge in [0.2, 0.25) is 0 Å². The first-order chi connectivity index (χ1) is 13.1. The molecule has 3 aromatic carbocycles. The summed E-state index contributed by atoms with van der Waals surface area (Å²) < 4.78 is 13.7. The maximum Gasteiger partial charge on any atom is 0.275 e. The SMILES string of the molecule is O=C(NCc1ccc(C(=O)NO)c(-c2ccccc2)c1)c1ccccc1F. The second-order valence-electron chi connectivity index (χ2n) is 5.85. The number of rotatable bonds is 5. The molecule has 3 aromatic rings. The molecule has 0 saturated heterocycles. The fourth-order valence-electron chi connectivity index (χ4n) is 2.74. The summed E-state index contributed by atoms with van der Waals surface area (Å²) in [6.45, 7) is 0.161. The van der Waals surface area contributed by atoms with E-state index in [1.54, 1.807) is 29.7 Å². The molecule has 0 radical (unpaired) electrons. The summed E-state index contributed by atoms with van der Waals surface area (Å²) in [5.41, 5.74) is 4.04. The van der Waals surface area contributed by atoms with Crippen LogP contribution in [-0.4, -0.2) is 17.0 Å². The summed E-state index contributed by atoms with van der Waals surface area (Å²) >= 11 is 0. The van der Waals surface area contributed by atoms with Gasteiger partial charge in [0.15, 0.2) is 0 Å². The van der Waals surface area contributed by atoms with E-state index in [9.17, 15) is 14.0 Å². The van der Waals surface area contributed by atoms with Crippen LogP contribution in [0.1, 0.15) is 26.3 Å². The van der Waals surface area contributed by atoms with E-state index in [2.05, 4.69) is 5.32 Å². The van der Waals surface area contributed by atoms with E-state index in [4.69, 9.17) is 5.21 Å². The fraction of sp³-hybridized carbons (Fsp3) is 0.0476. The van der Waals surface area contributed by atoms with Crippen molar-refractivity contribution in [3.05, 3.63) is 95.3 Å². The lowest BCUT2D eigenvalue weighted by Gasteiger charge is -2.12. The van der Waals surface area contributed by atoms with Crippen molar-refractivity contribution in [2.24, 2.45) is 0 Å². The Morgan fingerprint density at radius 2 is 1.56 bits per heavy atom. The lowest BCUT2D eigenvalue weighted by atomic mass is 9.96. The highest BCUT2D eigenvalue weighted by atomic mass is 19.1. The molecule has 3 N–H and O–H groups in total. The number of carbonyl (C=O) groups excluding carboxylic acids is 2. The third-order valence-corrected chi connectivity index (χ3v) is 4.09. The summed E-state index contributed by atoms with van der Waals surface area (Å²) in [4.78, 5) is 24.1. The normalized spacial score (nSPS) is 10.3. The predicted octanol–water partition coefficient (Wildman–Crippen LogP) is 3.54. The van der Waals surface area contributed by atoms with E-state index in [0.29, 0.717) is 11.1 Å². The minimum absolute atomic E-state index is 0.0305. The van der Waals surface area contributed by atoms with E-state index < -0.39 is 17.6 Å². The zero-order valence-electron chi connectivity index (χ0n) is 14.3. The average Bonchev–Trinajstić information content (AvgIpc) is 2.72. The number of amides is 2. The number of hydrogen-bond acceptors (Lipinski definition) is 3. The molecule has 27 heavy (non-hydrogen) atoms. The lowest BCUT2D eigenvalue weighted by molar-refractivity contribution is 0.0707. The van der Waals surface area contributed by atoms with Crippen LogP contribution in [0.25, 0.3) is 11.1 Å². The van der Waals surface area contributed by atoms with Crippen molar-refractivity contribution < 1.29 is 19.2 Å². The largest absolute Gasteiger partial charge is 0.348 e. The van der Waals surface area contributed by atoms with Crippen LogP contribution in [0.2, 0.25) is 0 Å². The van der Waals surface area contributed by atoms with E-state index in [1.165, 1.54) is 18.2 Å². The van der Waals surface area contributed by atoms with Crippen LogP contribution < -0.4 is 10.8 Å². The van der Waals surface area contributed by atoms with Gasteiger partial charge in [0.05, 0.1) is 5.56 Å². The molecule has 136 valence electrons. The molecule has 2 amide bonds. The second kappa shape index (κ2) is 8.25. The molecule has 6 heteroatoms. The Bertz CT molecular complexity index is 974. The van der Waals surface area contributed by atoms with Crippen LogP contribution in [-0.2, 0) is 6.54 Å². The maximum absolute atomic E-state index is 13.7. The van der Waals surface area contributed by atoms with Crippen molar-refractivity contribution >= 4 is 11.8 Å². The van der Waals surface area contributed by atoms with Gasteiger partial charge in [-0.05, 0) is 41.0 Å². The predicted molar refractivity (Wildman–Crippen MR) is 98.7 cm³/mol. The molecular formula is C21H17FN2O3. The number of halogens is 1. The highest BCUT2D eigenvalue weighted by Crippen LogP contribution is 2.25. The summed E-state index contributed by atoms with van der Waals surface area (Å²) in [5.74, 6) is -1.74. The zero-order chi connectivity index (χ0) is 19.2. The van der Waals surface area contributed by atoms with Crippen molar-refractivity contribution in [2.45, 2.75) is 6.54 Å². The number of hydrogen-bond donors (Lipinski definition) is 3. The van der Waals surface area contributed by atoms with Crippen LogP contribution in [0.3, 0.4) is 0 Å². The van der Waals surface area contributed by atoms with Gasteiger partial charge >= 0.3 is 0 Å². The molecule has 5 nitrogen and oxygen atoms in total. The minimum Gasteiger partial charge on any atom is -0.348 e. The smallest absolute Gasteiger partial charge is 0.275 e. The number of benzene rings is 3. The van der Waals surface area contributed by atoms with Crippen molar-refractivity contribution in [3.63, 3.8) is 0 Å². The monoisotopic (exact) mass is 364 g/mol. The van der Waals surface area contributed by atoms with Crippen LogP contribution >= 0.6 is 0 Å². The summed E-state index contributed by atoms with van der Waals surface area (Å²) in [5, 5.41) is 11.6. The van der Waals surface area contributed by atoms with Gasteiger partial charge in [0.1, 0.15) is 5.82 Å². The van der Waals surface area contributed by atoms with Gasteiger partial charge in [0.25, 0.3) is 11.8 Å². The van der Waals surface area contributed by atoms with Crippen LogP contribution in [0.4, 0.5) is 4.39 Å². The summed E-state index contributed by atoms with van der Waals surface area (Å²) in [6.07, 6.45) is 0. The standard InChI is InChI=1S/C21H17FN2O3/c22-19-9-5-4-8-17(19)20(25)23-13-14-10-11-16(21(26)24-27)18(12-14)15-6-2-1-3-7-15/h1-12,27H,13H2,(H,23,25)(H,24,26). The van der Waals surface area contributed by atoms with Gasteiger partial charge in [-0.2, -0.15) is 0 Å². The molecular weight excluding hydrogens is 347 g/mol. The molecule has 0 aliphatic carbocycles. The molecule has 3 rings (SSSR count). The first-order valence-corrected chi connectivity index (χ1v) is 8.25. The number of carbonyl (C=O) groups is 2. The van der Waals surface area contributed by atoms with Gasteiger partial charge in [0, 0.05) is 12.1 Å². The Morgan fingerprint density at radius 1 is 0.852 bits per heavy atom. The summed E-state index contributed by atoms with van der Waals surface area (Å²) in [6, 6.07) is 19.9. The Kier molecular flexibility index (Phi) is 5.58. The molecule has 0 heterocycles. The maximum atomic E-state index is 13.7. The fourth-order valence-corrected chi connectivity index (χ4v) is 2.74. The molecule has 0 unspecified atom stereocenters. The van der Waals surface area contributed by atoms with Gasteiger partial charge in [-0.15, -0.1) is 0 Å². The quantitative estimate of drug-likeness (QED) is 0.479. The third-order valence-electron chi connectivity index (χ3n) is 4.09. The van der Waals surface area contributed by atoms with Crippen LogP contribution in [0, 0.1) is 5.82 Å². The second-order valence-corrected chi connectivity index (χ2v) is 5.85. The Labute approximate surface area is 155 Å². The number of hydroxylamine groups is 1. The third kappa shape index (κ3) is 4.19. The molecule has 0 atom stereocenters. The van der Waals surface area contributed by atoms with Crippen molar-refractivity contribution in [3.8, 4) is 11.1 Å². The first kappa shape index (κ1) is 18.3. The van der Waals surface area contributed by atoms with E-state index in [0.717, 1.165) is 11.1 Å². The topological polar surface area (TPSA) is 78.4 Å². The minimum atomic E-state index is -0.629. The molecule has 0 aromatic heterocycles. The van der Waals surface area contributed by atoms with Gasteiger partial charge in [-0.3, -0.25) is 14.8 Å². The van der Waals surface area contributed by atoms with Crippen molar-refractivity contribution in [1.29, 1.82) is 0 Å². The Morgan fingerprint density at radius 3 is 2.26 bits per heavy atom. The van der Waals surface area contributed by atoms with Gasteiger partial charge in [-0.25, -0.2) is 9.87 Å². The van der Waals surface area contributed by atoms with Crippen molar-refractivity contribution in [2.75, 3.05) is 0 Å². The van der Waals surface area contributed by atoms with Crippen LogP contribution in [0.15, 0.2) is 72.8 Å². The lowest BCUT2D eigenvalue weighted by Crippen LogP contribution is -2.24. The Balaban J connectivity index is 1.86. The Hall–Kier alpha value is -3.51. The van der Waals surface area contributed by atoms with Gasteiger partial charge < -0.3 is 5.32 Å². The molecule has 0 aliphatic heterocycles. The molecule has 0 spiro atoms. The molecule has 0 bridgehead atoms. The van der Waals surface area contributed by atoms with E-state index in [1.807, 2.05) is 30.3 Å².